The van der Waals surface area contributed by atoms with Crippen LogP contribution in [0.4, 0.5) is 9.59 Å². The highest BCUT2D eigenvalue weighted by atomic mass is 32.2. The van der Waals surface area contributed by atoms with E-state index in [0.29, 0.717) is 38.9 Å². The molecule has 2 rings (SSSR count). The number of carbonyl (C=O) groups excluding carboxylic acids is 2. The molecular weight excluding hydrogens is 476 g/mol. The van der Waals surface area contributed by atoms with E-state index < -0.39 is 33.5 Å². The van der Waals surface area contributed by atoms with Crippen LogP contribution in [0, 0.1) is 0 Å². The van der Waals surface area contributed by atoms with Crippen molar-refractivity contribution in [2.24, 2.45) is 0 Å². The molecule has 1 N–H and O–H groups in total. The number of rotatable bonds is 7. The van der Waals surface area contributed by atoms with Crippen molar-refractivity contribution in [1.29, 1.82) is 0 Å². The molecule has 0 aliphatic carbocycles. The number of likely N-dealkylation sites (tertiary alicyclic amines) is 2. The van der Waals surface area contributed by atoms with Gasteiger partial charge in [-0.05, 0) is 60.8 Å². The standard InChI is InChI=1S/C15H29NO5S.C9H17NO3/c1-5-6-7-8-11-22(18,19)21-13-9-10-16(12-13)14(17)20-15(2,3)4;1-9(2,3)13-8(12)10-5-4-7(11)6-10/h13H,5-12H2,1-4H3;7,11H,4-6H2,1-3H3/t13-;7-/m01/s1. The fourth-order valence-corrected chi connectivity index (χ4v) is 4.72. The molecule has 0 unspecified atom stereocenters. The molecule has 35 heavy (non-hydrogen) atoms. The lowest BCUT2D eigenvalue weighted by molar-refractivity contribution is 0.0263. The molecule has 0 bridgehead atoms. The maximum Gasteiger partial charge on any atom is 0.410 e. The molecule has 206 valence electrons. The Morgan fingerprint density at radius 2 is 1.37 bits per heavy atom. The van der Waals surface area contributed by atoms with E-state index in [9.17, 15) is 23.1 Å². The van der Waals surface area contributed by atoms with Gasteiger partial charge < -0.3 is 24.4 Å². The Morgan fingerprint density at radius 1 is 0.857 bits per heavy atom. The number of hydrogen-bond acceptors (Lipinski definition) is 8. The third kappa shape index (κ3) is 13.9. The lowest BCUT2D eigenvalue weighted by atomic mass is 10.2. The Labute approximate surface area is 211 Å². The van der Waals surface area contributed by atoms with E-state index in [1.165, 1.54) is 9.80 Å². The Bertz CT molecular complexity index is 773. The summed E-state index contributed by atoms with van der Waals surface area (Å²) in [5.41, 5.74) is -1.01. The molecule has 2 fully saturated rings. The van der Waals surface area contributed by atoms with Gasteiger partial charge in [0.1, 0.15) is 11.2 Å². The molecule has 0 aromatic rings. The largest absolute Gasteiger partial charge is 0.444 e. The highest BCUT2D eigenvalue weighted by molar-refractivity contribution is 7.86. The lowest BCUT2D eigenvalue weighted by Crippen LogP contribution is -2.36. The number of unbranched alkanes of at least 4 members (excludes halogenated alkanes) is 3. The van der Waals surface area contributed by atoms with E-state index in [-0.39, 0.29) is 24.5 Å². The van der Waals surface area contributed by atoms with Crippen LogP contribution in [0.25, 0.3) is 0 Å². The van der Waals surface area contributed by atoms with Crippen molar-refractivity contribution in [1.82, 2.24) is 9.80 Å². The van der Waals surface area contributed by atoms with E-state index in [0.717, 1.165) is 19.3 Å². The SMILES string of the molecule is CC(C)(C)OC(=O)N1CC[C@@H](O)C1.CCCCCCS(=O)(=O)O[C@H]1CCN(C(=O)OC(C)(C)C)C1. The molecule has 0 radical (unpaired) electrons. The van der Waals surface area contributed by atoms with Gasteiger partial charge in [-0.25, -0.2) is 9.59 Å². The average molecular weight is 523 g/mol. The predicted octanol–water partition coefficient (Wildman–Crippen LogP) is 3.91. The first-order chi connectivity index (χ1) is 16.0. The summed E-state index contributed by atoms with van der Waals surface area (Å²) in [4.78, 5) is 26.4. The highest BCUT2D eigenvalue weighted by Crippen LogP contribution is 2.19. The topological polar surface area (TPSA) is 123 Å². The number of β-amino-alcohol motifs (C(OH)–C–C–N with tert-alkyl or cyclic N) is 1. The predicted molar refractivity (Wildman–Crippen MR) is 134 cm³/mol. The highest BCUT2D eigenvalue weighted by Gasteiger charge is 2.33. The molecule has 0 aromatic carbocycles. The molecule has 2 saturated heterocycles. The van der Waals surface area contributed by atoms with Crippen LogP contribution >= 0.6 is 0 Å². The molecule has 2 heterocycles. The first kappa shape index (κ1) is 31.4. The van der Waals surface area contributed by atoms with Crippen LogP contribution < -0.4 is 0 Å². The minimum atomic E-state index is -3.51. The number of nitrogens with zero attached hydrogens (tertiary/aromatic N) is 2. The Kier molecular flexibility index (Phi) is 12.3. The molecule has 10 nitrogen and oxygen atoms in total. The van der Waals surface area contributed by atoms with Crippen LogP contribution in [0.1, 0.15) is 87.0 Å². The number of aliphatic hydroxyl groups excluding tert-OH is 1. The van der Waals surface area contributed by atoms with Crippen LogP contribution in [0.5, 0.6) is 0 Å². The van der Waals surface area contributed by atoms with E-state index >= 15 is 0 Å². The monoisotopic (exact) mass is 522 g/mol. The Hall–Kier alpha value is -1.59. The van der Waals surface area contributed by atoms with Crippen molar-refractivity contribution in [2.45, 2.75) is 110 Å². The zero-order chi connectivity index (χ0) is 26.9. The summed E-state index contributed by atoms with van der Waals surface area (Å²) >= 11 is 0. The van der Waals surface area contributed by atoms with Crippen LogP contribution in [0.3, 0.4) is 0 Å². The van der Waals surface area contributed by atoms with Gasteiger partial charge in [0, 0.05) is 19.6 Å². The maximum atomic E-state index is 11.9. The minimum absolute atomic E-state index is 0.0515. The summed E-state index contributed by atoms with van der Waals surface area (Å²) in [6, 6.07) is 0. The molecular formula is C24H46N2O8S. The third-order valence-electron chi connectivity index (χ3n) is 5.14. The summed E-state index contributed by atoms with van der Waals surface area (Å²) in [5.74, 6) is 0.0515. The molecule has 2 aliphatic heterocycles. The fraction of sp³-hybridized carbons (Fsp3) is 0.917. The van der Waals surface area contributed by atoms with Gasteiger partial charge in [-0.2, -0.15) is 8.42 Å². The van der Waals surface area contributed by atoms with Gasteiger partial charge in [0.15, 0.2) is 0 Å². The Morgan fingerprint density at radius 3 is 1.83 bits per heavy atom. The van der Waals surface area contributed by atoms with Crippen LogP contribution in [0.15, 0.2) is 0 Å². The van der Waals surface area contributed by atoms with Crippen LogP contribution in [-0.2, 0) is 23.8 Å². The number of aliphatic hydroxyl groups is 1. The first-order valence-electron chi connectivity index (χ1n) is 12.6. The summed E-state index contributed by atoms with van der Waals surface area (Å²) < 4.78 is 39.4. The van der Waals surface area contributed by atoms with Crippen LogP contribution in [-0.4, -0.2) is 90.9 Å². The van der Waals surface area contributed by atoms with Crippen LogP contribution in [0.2, 0.25) is 0 Å². The van der Waals surface area contributed by atoms with Crippen molar-refractivity contribution in [3.63, 3.8) is 0 Å². The normalized spacial score (nSPS) is 20.9. The van der Waals surface area contributed by atoms with E-state index in [1.807, 2.05) is 20.8 Å². The van der Waals surface area contributed by atoms with Crippen molar-refractivity contribution in [2.75, 3.05) is 31.9 Å². The smallest absolute Gasteiger partial charge is 0.410 e. The van der Waals surface area contributed by atoms with Gasteiger partial charge in [0.2, 0.25) is 0 Å². The van der Waals surface area contributed by atoms with Gasteiger partial charge in [-0.15, -0.1) is 0 Å². The minimum Gasteiger partial charge on any atom is -0.444 e. The van der Waals surface area contributed by atoms with Crippen molar-refractivity contribution in [3.8, 4) is 0 Å². The fourth-order valence-electron chi connectivity index (χ4n) is 3.49. The van der Waals surface area contributed by atoms with E-state index in [2.05, 4.69) is 6.92 Å². The van der Waals surface area contributed by atoms with E-state index in [4.69, 9.17) is 13.7 Å². The van der Waals surface area contributed by atoms with E-state index in [1.54, 1.807) is 20.8 Å². The van der Waals surface area contributed by atoms with Gasteiger partial charge in [-0.3, -0.25) is 4.18 Å². The lowest BCUT2D eigenvalue weighted by Gasteiger charge is -2.24. The summed E-state index contributed by atoms with van der Waals surface area (Å²) in [5, 5.41) is 9.20. The van der Waals surface area contributed by atoms with Crippen molar-refractivity contribution in [3.05, 3.63) is 0 Å². The van der Waals surface area contributed by atoms with Gasteiger partial charge in [0.05, 0.1) is 24.5 Å². The number of carbonyl (C=O) groups is 2. The average Bonchev–Trinajstić information content (AvgIpc) is 3.32. The zero-order valence-electron chi connectivity index (χ0n) is 22.5. The molecule has 11 heteroatoms. The molecule has 2 amide bonds. The summed E-state index contributed by atoms with van der Waals surface area (Å²) in [7, 11) is -3.51. The third-order valence-corrected chi connectivity index (χ3v) is 6.50. The molecule has 2 atom stereocenters. The van der Waals surface area contributed by atoms with Crippen molar-refractivity contribution >= 4 is 22.3 Å². The van der Waals surface area contributed by atoms with Gasteiger partial charge >= 0.3 is 12.2 Å². The number of ether oxygens (including phenoxy) is 2. The molecule has 2 aliphatic rings. The summed E-state index contributed by atoms with van der Waals surface area (Å²) in [6.45, 7) is 14.7. The second kappa shape index (κ2) is 13.6. The maximum absolute atomic E-state index is 11.9. The van der Waals surface area contributed by atoms with Gasteiger partial charge in [0.25, 0.3) is 10.1 Å². The second-order valence-corrected chi connectivity index (χ2v) is 12.8. The van der Waals surface area contributed by atoms with Gasteiger partial charge in [-0.1, -0.05) is 26.2 Å². The second-order valence-electron chi connectivity index (χ2n) is 11.1. The molecule has 0 spiro atoms. The number of hydrogen-bond donors (Lipinski definition) is 1. The van der Waals surface area contributed by atoms with Crippen molar-refractivity contribution < 1.29 is 36.8 Å². The first-order valence-corrected chi connectivity index (χ1v) is 14.1. The zero-order valence-corrected chi connectivity index (χ0v) is 23.4. The number of amides is 2. The molecule has 0 aromatic heterocycles. The summed E-state index contributed by atoms with van der Waals surface area (Å²) in [6.07, 6.45) is 3.21. The quantitative estimate of drug-likeness (QED) is 0.394. The molecule has 0 saturated carbocycles. The Balaban J connectivity index is 0.000000400.